The second-order valence-corrected chi connectivity index (χ2v) is 5.49. The highest BCUT2D eigenvalue weighted by molar-refractivity contribution is 7.17. The van der Waals surface area contributed by atoms with Crippen molar-refractivity contribution in [3.63, 3.8) is 0 Å². The molecule has 80 valence electrons. The van der Waals surface area contributed by atoms with Crippen molar-refractivity contribution < 1.29 is 9.53 Å². The summed E-state index contributed by atoms with van der Waals surface area (Å²) in [6, 6.07) is 0. The highest BCUT2D eigenvalue weighted by Crippen LogP contribution is 2.42. The number of hydrogen-bond acceptors (Lipinski definition) is 5. The Balaban J connectivity index is 1.75. The van der Waals surface area contributed by atoms with E-state index in [1.165, 1.54) is 11.3 Å². The van der Waals surface area contributed by atoms with Gasteiger partial charge in [0.2, 0.25) is 0 Å². The smallest absolute Gasteiger partial charge is 0.187 e. The molecule has 0 saturated carbocycles. The Labute approximate surface area is 95.8 Å². The van der Waals surface area contributed by atoms with Crippen LogP contribution in [0.4, 0.5) is 5.13 Å². The molecule has 1 spiro atoms. The van der Waals surface area contributed by atoms with Gasteiger partial charge in [-0.3, -0.25) is 4.79 Å². The van der Waals surface area contributed by atoms with Crippen molar-refractivity contribution >= 4 is 34.4 Å². The van der Waals surface area contributed by atoms with Gasteiger partial charge in [0.1, 0.15) is 4.88 Å². The van der Waals surface area contributed by atoms with Crippen LogP contribution in [0.1, 0.15) is 9.67 Å². The summed E-state index contributed by atoms with van der Waals surface area (Å²) < 4.78 is 5.19. The van der Waals surface area contributed by atoms with Crippen molar-refractivity contribution in [1.82, 2.24) is 4.98 Å². The maximum atomic E-state index is 10.6. The molecule has 3 heterocycles. The lowest BCUT2D eigenvalue weighted by molar-refractivity contribution is -0.127. The zero-order chi connectivity index (χ0) is 10.5. The zero-order valence-corrected chi connectivity index (χ0v) is 9.48. The first kappa shape index (κ1) is 9.57. The topological polar surface area (TPSA) is 42.4 Å². The van der Waals surface area contributed by atoms with Gasteiger partial charge in [0, 0.05) is 13.1 Å². The molecule has 0 N–H and O–H groups in total. The Morgan fingerprint density at radius 3 is 2.73 bits per heavy atom. The van der Waals surface area contributed by atoms with E-state index in [0.717, 1.165) is 37.7 Å². The molecule has 2 aliphatic rings. The van der Waals surface area contributed by atoms with Crippen LogP contribution in [-0.4, -0.2) is 37.6 Å². The van der Waals surface area contributed by atoms with Crippen LogP contribution in [0.2, 0.25) is 5.15 Å². The van der Waals surface area contributed by atoms with E-state index < -0.39 is 0 Å². The third kappa shape index (κ3) is 1.38. The van der Waals surface area contributed by atoms with E-state index in [9.17, 15) is 4.79 Å². The molecule has 0 aromatic carbocycles. The number of rotatable bonds is 2. The monoisotopic (exact) mass is 244 g/mol. The Morgan fingerprint density at radius 1 is 1.53 bits per heavy atom. The van der Waals surface area contributed by atoms with Crippen molar-refractivity contribution in [2.75, 3.05) is 31.2 Å². The van der Waals surface area contributed by atoms with Crippen molar-refractivity contribution in [2.24, 2.45) is 5.41 Å². The number of hydrogen-bond donors (Lipinski definition) is 0. The molecule has 0 amide bonds. The molecule has 15 heavy (non-hydrogen) atoms. The molecule has 2 fully saturated rings. The fourth-order valence-corrected chi connectivity index (χ4v) is 3.04. The van der Waals surface area contributed by atoms with Gasteiger partial charge in [-0.15, -0.1) is 0 Å². The second kappa shape index (κ2) is 3.17. The lowest BCUT2D eigenvalue weighted by Crippen LogP contribution is -2.66. The van der Waals surface area contributed by atoms with E-state index in [1.807, 2.05) is 0 Å². The summed E-state index contributed by atoms with van der Waals surface area (Å²) >= 11 is 7.16. The summed E-state index contributed by atoms with van der Waals surface area (Å²) in [6.45, 7) is 3.64. The van der Waals surface area contributed by atoms with Gasteiger partial charge in [-0.05, 0) is 0 Å². The molecule has 2 saturated heterocycles. The Hall–Kier alpha value is -0.650. The normalized spacial score (nSPS) is 22.3. The summed E-state index contributed by atoms with van der Waals surface area (Å²) in [4.78, 5) is 17.4. The number of carbonyl (C=O) groups is 1. The first-order valence-electron chi connectivity index (χ1n) is 4.67. The molecule has 2 aliphatic heterocycles. The van der Waals surface area contributed by atoms with Crippen molar-refractivity contribution in [3.8, 4) is 0 Å². The minimum atomic E-state index is 0.316. The standard InChI is InChI=1S/C9H9ClN2O2S/c10-7-6(1-13)15-8(11-7)12-2-9(3-12)4-14-5-9/h1H,2-5H2. The van der Waals surface area contributed by atoms with E-state index in [2.05, 4.69) is 9.88 Å². The van der Waals surface area contributed by atoms with Crippen LogP contribution >= 0.6 is 22.9 Å². The molecular formula is C9H9ClN2O2S. The van der Waals surface area contributed by atoms with Crippen LogP contribution < -0.4 is 4.90 Å². The molecule has 1 aromatic heterocycles. The summed E-state index contributed by atoms with van der Waals surface area (Å²) in [7, 11) is 0. The molecular weight excluding hydrogens is 236 g/mol. The summed E-state index contributed by atoms with van der Waals surface area (Å²) in [6.07, 6.45) is 0.755. The van der Waals surface area contributed by atoms with Gasteiger partial charge >= 0.3 is 0 Å². The highest BCUT2D eigenvalue weighted by atomic mass is 35.5. The van der Waals surface area contributed by atoms with Gasteiger partial charge in [-0.1, -0.05) is 22.9 Å². The fraction of sp³-hybridized carbons (Fsp3) is 0.556. The van der Waals surface area contributed by atoms with Crippen LogP contribution in [0.5, 0.6) is 0 Å². The SMILES string of the molecule is O=Cc1sc(N2CC3(COC3)C2)nc1Cl. The Bertz CT molecular complexity index is 408. The van der Waals surface area contributed by atoms with Crippen LogP contribution in [0.25, 0.3) is 0 Å². The number of nitrogens with zero attached hydrogens (tertiary/aromatic N) is 2. The maximum Gasteiger partial charge on any atom is 0.187 e. The summed E-state index contributed by atoms with van der Waals surface area (Å²) in [5.74, 6) is 0. The number of carbonyl (C=O) groups excluding carboxylic acids is 1. The summed E-state index contributed by atoms with van der Waals surface area (Å²) in [5.41, 5.74) is 0.361. The van der Waals surface area contributed by atoms with Gasteiger partial charge < -0.3 is 9.64 Å². The minimum absolute atomic E-state index is 0.316. The molecule has 4 nitrogen and oxygen atoms in total. The first-order valence-corrected chi connectivity index (χ1v) is 5.86. The van der Waals surface area contributed by atoms with Crippen molar-refractivity contribution in [3.05, 3.63) is 10.0 Å². The number of aromatic nitrogens is 1. The number of aldehydes is 1. The molecule has 3 rings (SSSR count). The second-order valence-electron chi connectivity index (χ2n) is 4.12. The molecule has 0 radical (unpaired) electrons. The van der Waals surface area contributed by atoms with Crippen LogP contribution in [0, 0.1) is 5.41 Å². The Morgan fingerprint density at radius 2 is 2.27 bits per heavy atom. The molecule has 1 aromatic rings. The molecule has 6 heteroatoms. The quantitative estimate of drug-likeness (QED) is 0.739. The van der Waals surface area contributed by atoms with E-state index in [1.54, 1.807) is 0 Å². The Kier molecular flexibility index (Phi) is 2.02. The van der Waals surface area contributed by atoms with Crippen LogP contribution in [0.3, 0.4) is 0 Å². The largest absolute Gasteiger partial charge is 0.380 e. The fourth-order valence-electron chi connectivity index (χ4n) is 1.98. The predicted molar refractivity (Wildman–Crippen MR) is 58.0 cm³/mol. The first-order chi connectivity index (χ1) is 7.22. The van der Waals surface area contributed by atoms with Crippen LogP contribution in [0.15, 0.2) is 0 Å². The van der Waals surface area contributed by atoms with E-state index in [4.69, 9.17) is 16.3 Å². The van der Waals surface area contributed by atoms with Gasteiger partial charge in [0.15, 0.2) is 16.6 Å². The predicted octanol–water partition coefficient (Wildman–Crippen LogP) is 1.45. The van der Waals surface area contributed by atoms with Gasteiger partial charge in [0.05, 0.1) is 18.6 Å². The average molecular weight is 245 g/mol. The zero-order valence-electron chi connectivity index (χ0n) is 7.90. The maximum absolute atomic E-state index is 10.6. The molecule has 0 bridgehead atoms. The third-order valence-electron chi connectivity index (χ3n) is 2.84. The minimum Gasteiger partial charge on any atom is -0.380 e. The highest BCUT2D eigenvalue weighted by Gasteiger charge is 2.49. The number of thiazole rings is 1. The molecule has 0 unspecified atom stereocenters. The summed E-state index contributed by atoms with van der Waals surface area (Å²) in [5, 5.41) is 1.16. The van der Waals surface area contributed by atoms with Gasteiger partial charge in [-0.25, -0.2) is 4.98 Å². The van der Waals surface area contributed by atoms with E-state index in [-0.39, 0.29) is 0 Å². The lowest BCUT2D eigenvalue weighted by atomic mass is 9.78. The number of halogens is 1. The van der Waals surface area contributed by atoms with Crippen molar-refractivity contribution in [2.45, 2.75) is 0 Å². The van der Waals surface area contributed by atoms with Crippen molar-refractivity contribution in [1.29, 1.82) is 0 Å². The lowest BCUT2D eigenvalue weighted by Gasteiger charge is -2.54. The average Bonchev–Trinajstić information content (AvgIpc) is 2.42. The van der Waals surface area contributed by atoms with Gasteiger partial charge in [-0.2, -0.15) is 0 Å². The molecule has 0 aliphatic carbocycles. The van der Waals surface area contributed by atoms with E-state index in [0.29, 0.717) is 15.4 Å². The number of anilines is 1. The third-order valence-corrected chi connectivity index (χ3v) is 4.29. The van der Waals surface area contributed by atoms with Gasteiger partial charge in [0.25, 0.3) is 0 Å². The van der Waals surface area contributed by atoms with E-state index >= 15 is 0 Å². The van der Waals surface area contributed by atoms with Crippen LogP contribution in [-0.2, 0) is 4.74 Å². The number of ether oxygens (including phenoxy) is 1. The molecule has 0 atom stereocenters.